The quantitative estimate of drug-likeness (QED) is 0.125. The summed E-state index contributed by atoms with van der Waals surface area (Å²) >= 11 is 0. The van der Waals surface area contributed by atoms with Crippen LogP contribution in [-0.2, 0) is 16.0 Å². The summed E-state index contributed by atoms with van der Waals surface area (Å²) < 4.78 is 0. The maximum absolute atomic E-state index is 13.6. The van der Waals surface area contributed by atoms with Gasteiger partial charge in [-0.2, -0.15) is 0 Å². The Morgan fingerprint density at radius 3 is 2.53 bits per heavy atom. The Labute approximate surface area is 194 Å². The van der Waals surface area contributed by atoms with Gasteiger partial charge in [0, 0.05) is 24.2 Å². The molecule has 4 atom stereocenters. The number of rotatable bonds is 2. The number of nitrogens with one attached hydrogen (secondary N) is 2. The molecule has 1 fully saturated rings. The van der Waals surface area contributed by atoms with Gasteiger partial charge in [0.2, 0.25) is 5.78 Å². The minimum atomic E-state index is -2.66. The number of phenolic OH excluding ortho intramolecular Hbond substituents is 1. The molecule has 10 N–H and O–H groups in total. The van der Waals surface area contributed by atoms with Gasteiger partial charge in [0.05, 0.1) is 16.8 Å². The number of benzene rings is 1. The number of phenols is 1. The highest BCUT2D eigenvalue weighted by Gasteiger charge is 2.68. The number of aromatic hydroxyl groups is 1. The predicted octanol–water partition coefficient (Wildman–Crippen LogP) is -0.0635. The SMILES string of the molecule is CNc1cc(N)c(O)c2c1C[C@H]1C[C@H]3C4(CCCN4)C(O)=C(C(N)=O)C(=O)[C@@]3(O)C(O)=C1C2=O. The number of allylic oxidation sites excluding steroid dienone is 1. The van der Waals surface area contributed by atoms with Crippen molar-refractivity contribution in [2.45, 2.75) is 36.8 Å². The number of amides is 1. The largest absolute Gasteiger partial charge is 0.509 e. The lowest BCUT2D eigenvalue weighted by atomic mass is 9.54. The van der Waals surface area contributed by atoms with Crippen LogP contribution in [0.1, 0.15) is 35.2 Å². The third-order valence-electron chi connectivity index (χ3n) is 7.94. The van der Waals surface area contributed by atoms with Gasteiger partial charge in [-0.05, 0) is 49.8 Å². The number of primary amides is 1. The first-order chi connectivity index (χ1) is 16.0. The van der Waals surface area contributed by atoms with Gasteiger partial charge in [-0.1, -0.05) is 0 Å². The first-order valence-corrected chi connectivity index (χ1v) is 11.1. The predicted molar refractivity (Wildman–Crippen MR) is 120 cm³/mol. The maximum atomic E-state index is 13.6. The molecule has 5 rings (SSSR count). The summed E-state index contributed by atoms with van der Waals surface area (Å²) in [6.45, 7) is 0.442. The van der Waals surface area contributed by atoms with Crippen LogP contribution in [0.15, 0.2) is 28.7 Å². The van der Waals surface area contributed by atoms with Gasteiger partial charge in [-0.3, -0.25) is 14.4 Å². The van der Waals surface area contributed by atoms with Crippen LogP contribution in [0, 0.1) is 11.8 Å². The number of nitrogen functional groups attached to an aromatic ring is 1. The van der Waals surface area contributed by atoms with Gasteiger partial charge in [0.15, 0.2) is 11.4 Å². The first-order valence-electron chi connectivity index (χ1n) is 11.1. The second-order valence-corrected chi connectivity index (χ2v) is 9.43. The average Bonchev–Trinajstić information content (AvgIpc) is 3.27. The summed E-state index contributed by atoms with van der Waals surface area (Å²) in [6.07, 6.45) is 1.12. The second kappa shape index (κ2) is 6.97. The number of carbonyl (C=O) groups excluding carboxylic acids is 3. The molecule has 34 heavy (non-hydrogen) atoms. The van der Waals surface area contributed by atoms with Crippen LogP contribution >= 0.6 is 0 Å². The van der Waals surface area contributed by atoms with E-state index >= 15 is 0 Å². The van der Waals surface area contributed by atoms with E-state index in [2.05, 4.69) is 10.6 Å². The molecule has 1 unspecified atom stereocenters. The van der Waals surface area contributed by atoms with E-state index in [9.17, 15) is 34.8 Å². The van der Waals surface area contributed by atoms with Crippen molar-refractivity contribution in [2.24, 2.45) is 17.6 Å². The second-order valence-electron chi connectivity index (χ2n) is 9.43. The molecule has 1 aliphatic heterocycles. The summed E-state index contributed by atoms with van der Waals surface area (Å²) in [4.78, 5) is 39.0. The van der Waals surface area contributed by atoms with Crippen LogP contribution in [0.3, 0.4) is 0 Å². The Kier molecular flexibility index (Phi) is 4.56. The van der Waals surface area contributed by atoms with Gasteiger partial charge in [-0.25, -0.2) is 0 Å². The van der Waals surface area contributed by atoms with E-state index in [-0.39, 0.29) is 36.1 Å². The zero-order valence-corrected chi connectivity index (χ0v) is 18.4. The molecule has 4 aliphatic rings. The van der Waals surface area contributed by atoms with E-state index in [1.165, 1.54) is 6.07 Å². The summed E-state index contributed by atoms with van der Waals surface area (Å²) in [5.74, 6) is -6.84. The highest BCUT2D eigenvalue weighted by Crippen LogP contribution is 2.57. The van der Waals surface area contributed by atoms with Crippen LogP contribution in [-0.4, -0.2) is 62.6 Å². The molecule has 1 aromatic carbocycles. The number of anilines is 2. The summed E-state index contributed by atoms with van der Waals surface area (Å²) in [5, 5.41) is 50.7. The Hall–Kier alpha value is -3.57. The van der Waals surface area contributed by atoms with Crippen molar-refractivity contribution in [2.75, 3.05) is 24.6 Å². The standard InChI is InChI=1S/C23H26N4O7/c1-26-11-7-10(24)16(28)14-9(11)5-8-6-12-22(3-2-4-27-22)18(30)15(21(25)33)20(32)23(12,34)19(31)13(8)17(14)29/h7-8,12,26-28,30-31,34H,2-6,24H2,1H3,(H2,25,33)/t8-,12-,22?,23-/m0/s1. The van der Waals surface area contributed by atoms with E-state index < -0.39 is 63.3 Å². The molecule has 1 aromatic rings. The number of carbonyl (C=O) groups is 3. The molecule has 0 aromatic heterocycles. The third kappa shape index (κ3) is 2.45. The van der Waals surface area contributed by atoms with E-state index in [1.807, 2.05) is 0 Å². The summed E-state index contributed by atoms with van der Waals surface area (Å²) in [6, 6.07) is 1.51. The summed E-state index contributed by atoms with van der Waals surface area (Å²) in [5.41, 5.74) is 7.07. The highest BCUT2D eigenvalue weighted by atomic mass is 16.3. The smallest absolute Gasteiger partial charge is 0.255 e. The maximum Gasteiger partial charge on any atom is 0.255 e. The Balaban J connectivity index is 1.77. The van der Waals surface area contributed by atoms with Crippen molar-refractivity contribution < 1.29 is 34.8 Å². The van der Waals surface area contributed by atoms with E-state index in [1.54, 1.807) is 7.05 Å². The zero-order valence-electron chi connectivity index (χ0n) is 18.4. The van der Waals surface area contributed by atoms with Crippen LogP contribution in [0.5, 0.6) is 5.75 Å². The van der Waals surface area contributed by atoms with Crippen molar-refractivity contribution >= 4 is 28.8 Å². The Morgan fingerprint density at radius 2 is 1.94 bits per heavy atom. The minimum absolute atomic E-state index is 0.0458. The summed E-state index contributed by atoms with van der Waals surface area (Å²) in [7, 11) is 1.64. The van der Waals surface area contributed by atoms with E-state index in [0.29, 0.717) is 24.2 Å². The number of hydrogen-bond donors (Lipinski definition) is 8. The van der Waals surface area contributed by atoms with Crippen molar-refractivity contribution in [1.82, 2.24) is 5.32 Å². The Bertz CT molecular complexity index is 1240. The molecule has 0 bridgehead atoms. The molecule has 11 heteroatoms. The molecule has 180 valence electrons. The zero-order chi connectivity index (χ0) is 24.7. The molecular formula is C23H26N4O7. The fraction of sp³-hybridized carbons (Fsp3) is 0.435. The first kappa shape index (κ1) is 22.2. The molecule has 1 amide bonds. The number of fused-ring (bicyclic) bond motifs is 4. The number of nitrogens with two attached hydrogens (primary N) is 2. The fourth-order valence-electron chi connectivity index (χ4n) is 6.41. The van der Waals surface area contributed by atoms with Gasteiger partial charge in [0.25, 0.3) is 5.91 Å². The van der Waals surface area contributed by atoms with Crippen molar-refractivity contribution in [3.05, 3.63) is 39.9 Å². The van der Waals surface area contributed by atoms with Crippen LogP contribution in [0.4, 0.5) is 11.4 Å². The lowest BCUT2D eigenvalue weighted by Crippen LogP contribution is -2.68. The third-order valence-corrected chi connectivity index (χ3v) is 7.94. The number of aliphatic hydroxyl groups is 3. The van der Waals surface area contributed by atoms with Gasteiger partial charge in [0.1, 0.15) is 22.8 Å². The van der Waals surface area contributed by atoms with Crippen LogP contribution in [0.25, 0.3) is 0 Å². The lowest BCUT2D eigenvalue weighted by Gasteiger charge is -2.53. The topological polar surface area (TPSA) is 208 Å². The monoisotopic (exact) mass is 470 g/mol. The fourth-order valence-corrected chi connectivity index (χ4v) is 6.41. The molecule has 0 radical (unpaired) electrons. The molecule has 11 nitrogen and oxygen atoms in total. The van der Waals surface area contributed by atoms with Crippen molar-refractivity contribution in [3.8, 4) is 5.75 Å². The number of aliphatic hydroxyl groups excluding tert-OH is 2. The van der Waals surface area contributed by atoms with E-state index in [4.69, 9.17) is 11.5 Å². The normalized spacial score (nSPS) is 32.5. The van der Waals surface area contributed by atoms with E-state index in [0.717, 1.165) is 0 Å². The average molecular weight is 470 g/mol. The van der Waals surface area contributed by atoms with Crippen LogP contribution in [0.2, 0.25) is 0 Å². The van der Waals surface area contributed by atoms with Crippen LogP contribution < -0.4 is 22.1 Å². The van der Waals surface area contributed by atoms with Crippen molar-refractivity contribution in [3.63, 3.8) is 0 Å². The number of ketones is 2. The molecule has 0 saturated carbocycles. The molecule has 1 heterocycles. The number of hydrogen-bond acceptors (Lipinski definition) is 10. The van der Waals surface area contributed by atoms with Gasteiger partial charge < -0.3 is 42.5 Å². The number of Topliss-reactive ketones (excluding diaryl/α,β-unsaturated/α-hetero) is 2. The minimum Gasteiger partial charge on any atom is -0.509 e. The van der Waals surface area contributed by atoms with Gasteiger partial charge in [-0.15, -0.1) is 0 Å². The molecular weight excluding hydrogens is 444 g/mol. The van der Waals surface area contributed by atoms with Gasteiger partial charge >= 0.3 is 0 Å². The molecule has 3 aliphatic carbocycles. The van der Waals surface area contributed by atoms with Crippen molar-refractivity contribution in [1.29, 1.82) is 0 Å². The molecule has 1 saturated heterocycles. The molecule has 1 spiro atoms. The Morgan fingerprint density at radius 1 is 1.24 bits per heavy atom. The lowest BCUT2D eigenvalue weighted by molar-refractivity contribution is -0.150. The highest BCUT2D eigenvalue weighted by molar-refractivity contribution is 6.25.